The third kappa shape index (κ3) is 2.56. The van der Waals surface area contributed by atoms with E-state index in [1.54, 1.807) is 6.92 Å². The van der Waals surface area contributed by atoms with Gasteiger partial charge in [0.2, 0.25) is 0 Å². The Morgan fingerprint density at radius 3 is 2.63 bits per heavy atom. The van der Waals surface area contributed by atoms with E-state index in [1.165, 1.54) is 4.57 Å². The van der Waals surface area contributed by atoms with Crippen LogP contribution in [0.5, 0.6) is 0 Å². The zero-order valence-corrected chi connectivity index (χ0v) is 11.5. The maximum absolute atomic E-state index is 12.3. The molecular formula is C15H14N2OS. The van der Waals surface area contributed by atoms with Gasteiger partial charge in [-0.1, -0.05) is 36.3 Å². The van der Waals surface area contributed by atoms with E-state index in [1.807, 2.05) is 30.3 Å². The molecule has 0 aliphatic heterocycles. The molecule has 1 aromatic heterocycles. The van der Waals surface area contributed by atoms with Gasteiger partial charge >= 0.3 is 0 Å². The minimum Gasteiger partial charge on any atom is -0.281 e. The molecule has 0 saturated heterocycles. The Morgan fingerprint density at radius 2 is 2.05 bits per heavy atom. The second-order valence-corrected chi connectivity index (χ2v) is 4.44. The van der Waals surface area contributed by atoms with Gasteiger partial charge in [0.05, 0.1) is 12.2 Å². The fourth-order valence-electron chi connectivity index (χ4n) is 1.89. The van der Waals surface area contributed by atoms with Crippen LogP contribution in [0.15, 0.2) is 35.1 Å². The van der Waals surface area contributed by atoms with E-state index in [2.05, 4.69) is 23.5 Å². The molecule has 4 heteroatoms. The lowest BCUT2D eigenvalue weighted by molar-refractivity contribution is 0.761. The summed E-state index contributed by atoms with van der Waals surface area (Å²) >= 11 is 4.22. The molecule has 96 valence electrons. The van der Waals surface area contributed by atoms with Crippen molar-refractivity contribution in [2.75, 3.05) is 0 Å². The number of hydrogen-bond acceptors (Lipinski definition) is 3. The molecule has 2 aromatic rings. The third-order valence-electron chi connectivity index (χ3n) is 2.93. The molecule has 2 rings (SSSR count). The Labute approximate surface area is 117 Å². The maximum Gasteiger partial charge on any atom is 0.257 e. The van der Waals surface area contributed by atoms with Crippen LogP contribution in [0.25, 0.3) is 11.4 Å². The summed E-state index contributed by atoms with van der Waals surface area (Å²) in [6.07, 6.45) is 5.34. The predicted molar refractivity (Wildman–Crippen MR) is 80.2 cm³/mol. The Hall–Kier alpha value is -1.99. The molecule has 0 spiro atoms. The SMILES string of the molecule is C#CCn1c(-c2ccccc2)nc(CS)c(C)c1=O. The van der Waals surface area contributed by atoms with E-state index in [9.17, 15) is 4.79 Å². The van der Waals surface area contributed by atoms with Crippen molar-refractivity contribution in [2.24, 2.45) is 0 Å². The zero-order valence-electron chi connectivity index (χ0n) is 10.6. The van der Waals surface area contributed by atoms with Gasteiger partial charge < -0.3 is 0 Å². The Morgan fingerprint density at radius 1 is 1.37 bits per heavy atom. The van der Waals surface area contributed by atoms with Gasteiger partial charge in [-0.3, -0.25) is 9.36 Å². The van der Waals surface area contributed by atoms with Crippen molar-refractivity contribution >= 4 is 12.6 Å². The molecule has 0 N–H and O–H groups in total. The fraction of sp³-hybridized carbons (Fsp3) is 0.200. The first kappa shape index (κ1) is 13.4. The van der Waals surface area contributed by atoms with Crippen molar-refractivity contribution in [3.8, 4) is 23.7 Å². The number of benzene rings is 1. The van der Waals surface area contributed by atoms with Gasteiger partial charge in [-0.15, -0.1) is 6.42 Å². The van der Waals surface area contributed by atoms with Crippen molar-refractivity contribution in [1.29, 1.82) is 0 Å². The number of aromatic nitrogens is 2. The van der Waals surface area contributed by atoms with Crippen molar-refractivity contribution in [1.82, 2.24) is 9.55 Å². The molecule has 0 atom stereocenters. The van der Waals surface area contributed by atoms with E-state index >= 15 is 0 Å². The molecular weight excluding hydrogens is 256 g/mol. The van der Waals surface area contributed by atoms with E-state index in [-0.39, 0.29) is 12.1 Å². The second kappa shape index (κ2) is 5.77. The van der Waals surface area contributed by atoms with Gasteiger partial charge in [-0.05, 0) is 6.92 Å². The second-order valence-electron chi connectivity index (χ2n) is 4.13. The first-order valence-corrected chi connectivity index (χ1v) is 6.52. The van der Waals surface area contributed by atoms with Gasteiger partial charge in [-0.25, -0.2) is 4.98 Å². The van der Waals surface area contributed by atoms with Crippen LogP contribution in [0.2, 0.25) is 0 Å². The average Bonchev–Trinajstić information content (AvgIpc) is 2.45. The summed E-state index contributed by atoms with van der Waals surface area (Å²) in [5, 5.41) is 0. The molecule has 0 saturated carbocycles. The summed E-state index contributed by atoms with van der Waals surface area (Å²) in [5.41, 5.74) is 2.07. The highest BCUT2D eigenvalue weighted by atomic mass is 32.1. The minimum atomic E-state index is -0.101. The summed E-state index contributed by atoms with van der Waals surface area (Å²) in [4.78, 5) is 16.9. The van der Waals surface area contributed by atoms with Gasteiger partial charge in [0.25, 0.3) is 5.56 Å². The smallest absolute Gasteiger partial charge is 0.257 e. The van der Waals surface area contributed by atoms with E-state index in [4.69, 9.17) is 6.42 Å². The Kier molecular flexibility index (Phi) is 4.08. The highest BCUT2D eigenvalue weighted by molar-refractivity contribution is 7.79. The average molecular weight is 270 g/mol. The number of terminal acetylenes is 1. The van der Waals surface area contributed by atoms with Crippen molar-refractivity contribution in [2.45, 2.75) is 19.2 Å². The fourth-order valence-corrected chi connectivity index (χ4v) is 2.20. The summed E-state index contributed by atoms with van der Waals surface area (Å²) in [6.45, 7) is 1.96. The highest BCUT2D eigenvalue weighted by Gasteiger charge is 2.13. The molecule has 0 radical (unpaired) electrons. The molecule has 0 aliphatic rings. The lowest BCUT2D eigenvalue weighted by Gasteiger charge is -2.13. The molecule has 0 fully saturated rings. The third-order valence-corrected chi connectivity index (χ3v) is 3.23. The summed E-state index contributed by atoms with van der Waals surface area (Å²) in [6, 6.07) is 9.55. The lowest BCUT2D eigenvalue weighted by atomic mass is 10.2. The number of nitrogens with zero attached hydrogens (tertiary/aromatic N) is 2. The van der Waals surface area contributed by atoms with Crippen LogP contribution in [-0.2, 0) is 12.3 Å². The molecule has 3 nitrogen and oxygen atoms in total. The first-order valence-electron chi connectivity index (χ1n) is 5.89. The highest BCUT2D eigenvalue weighted by Crippen LogP contribution is 2.17. The van der Waals surface area contributed by atoms with E-state index in [0.717, 1.165) is 5.56 Å². The van der Waals surface area contributed by atoms with Crippen LogP contribution in [0, 0.1) is 19.3 Å². The van der Waals surface area contributed by atoms with E-state index < -0.39 is 0 Å². The normalized spacial score (nSPS) is 10.2. The summed E-state index contributed by atoms with van der Waals surface area (Å²) < 4.78 is 1.53. The lowest BCUT2D eigenvalue weighted by Crippen LogP contribution is -2.26. The zero-order chi connectivity index (χ0) is 13.8. The quantitative estimate of drug-likeness (QED) is 0.686. The van der Waals surface area contributed by atoms with Crippen LogP contribution in [-0.4, -0.2) is 9.55 Å². The van der Waals surface area contributed by atoms with Crippen molar-refractivity contribution in [3.63, 3.8) is 0 Å². The Balaban J connectivity index is 2.75. The van der Waals surface area contributed by atoms with E-state index in [0.29, 0.717) is 22.8 Å². The monoisotopic (exact) mass is 270 g/mol. The number of rotatable bonds is 3. The maximum atomic E-state index is 12.3. The largest absolute Gasteiger partial charge is 0.281 e. The minimum absolute atomic E-state index is 0.101. The topological polar surface area (TPSA) is 34.9 Å². The van der Waals surface area contributed by atoms with Crippen LogP contribution >= 0.6 is 12.6 Å². The molecule has 19 heavy (non-hydrogen) atoms. The van der Waals surface area contributed by atoms with Gasteiger partial charge in [-0.2, -0.15) is 12.6 Å². The van der Waals surface area contributed by atoms with Crippen LogP contribution in [0.1, 0.15) is 11.3 Å². The molecule has 0 amide bonds. The predicted octanol–water partition coefficient (Wildman–Crippen LogP) is 2.28. The molecule has 0 aliphatic carbocycles. The number of thiol groups is 1. The molecule has 0 unspecified atom stereocenters. The van der Waals surface area contributed by atoms with Crippen LogP contribution in [0.4, 0.5) is 0 Å². The van der Waals surface area contributed by atoms with Gasteiger partial charge in [0.1, 0.15) is 5.82 Å². The van der Waals surface area contributed by atoms with Gasteiger partial charge in [0.15, 0.2) is 0 Å². The van der Waals surface area contributed by atoms with Crippen molar-refractivity contribution < 1.29 is 0 Å². The molecule has 1 aromatic carbocycles. The first-order chi connectivity index (χ1) is 9.19. The molecule has 1 heterocycles. The summed E-state index contributed by atoms with van der Waals surface area (Å²) in [5.74, 6) is 3.53. The Bertz CT molecular complexity index is 684. The standard InChI is InChI=1S/C15H14N2OS/c1-3-9-17-14(12-7-5-4-6-8-12)16-13(10-19)11(2)15(17)18/h1,4-8,19H,9-10H2,2H3. The van der Waals surface area contributed by atoms with Crippen molar-refractivity contribution in [3.05, 3.63) is 51.9 Å². The summed E-state index contributed by atoms with van der Waals surface area (Å²) in [7, 11) is 0. The van der Waals surface area contributed by atoms with Gasteiger partial charge in [0, 0.05) is 16.9 Å². The van der Waals surface area contributed by atoms with Crippen LogP contribution in [0.3, 0.4) is 0 Å². The molecule has 0 bridgehead atoms. The van der Waals surface area contributed by atoms with Crippen LogP contribution < -0.4 is 5.56 Å². The number of hydrogen-bond donors (Lipinski definition) is 1.